The van der Waals surface area contributed by atoms with Crippen LogP contribution in [0.4, 0.5) is 17.1 Å². The van der Waals surface area contributed by atoms with Crippen LogP contribution in [0, 0.1) is 19.8 Å². The predicted octanol–water partition coefficient (Wildman–Crippen LogP) is 4.03. The molecule has 3 amide bonds. The van der Waals surface area contributed by atoms with Crippen LogP contribution in [0.25, 0.3) is 0 Å². The Hall–Kier alpha value is -3.15. The van der Waals surface area contributed by atoms with Gasteiger partial charge in [0.25, 0.3) is 5.91 Å². The Kier molecular flexibility index (Phi) is 6.01. The second kappa shape index (κ2) is 8.47. The van der Waals surface area contributed by atoms with E-state index in [-0.39, 0.29) is 24.1 Å². The Balaban J connectivity index is 1.69. The quantitative estimate of drug-likeness (QED) is 0.726. The molecule has 1 aliphatic heterocycles. The Morgan fingerprint density at radius 1 is 1.03 bits per heavy atom. The number of nitrogens with one attached hydrogen (secondary N) is 2. The van der Waals surface area contributed by atoms with Gasteiger partial charge in [0, 0.05) is 17.8 Å². The summed E-state index contributed by atoms with van der Waals surface area (Å²) in [5, 5.41) is 6.00. The van der Waals surface area contributed by atoms with Crippen molar-refractivity contribution in [3.8, 4) is 0 Å². The van der Waals surface area contributed by atoms with Crippen molar-refractivity contribution in [2.75, 3.05) is 15.5 Å². The summed E-state index contributed by atoms with van der Waals surface area (Å²) in [4.78, 5) is 38.7. The number of imide groups is 1. The lowest BCUT2D eigenvalue weighted by molar-refractivity contribution is -0.121. The molecule has 29 heavy (non-hydrogen) atoms. The van der Waals surface area contributed by atoms with Gasteiger partial charge in [-0.1, -0.05) is 32.0 Å². The highest BCUT2D eigenvalue weighted by Crippen LogP contribution is 2.30. The Labute approximate surface area is 171 Å². The second-order valence-electron chi connectivity index (χ2n) is 7.93. The lowest BCUT2D eigenvalue weighted by atomic mass is 10.1. The third kappa shape index (κ3) is 4.65. The molecule has 1 unspecified atom stereocenters. The van der Waals surface area contributed by atoms with Crippen LogP contribution in [0.15, 0.2) is 42.5 Å². The molecule has 3 rings (SSSR count). The zero-order chi connectivity index (χ0) is 21.1. The topological polar surface area (TPSA) is 78.5 Å². The van der Waals surface area contributed by atoms with E-state index in [0.29, 0.717) is 23.7 Å². The lowest BCUT2D eigenvalue weighted by Crippen LogP contribution is -2.35. The highest BCUT2D eigenvalue weighted by molar-refractivity contribution is 6.23. The summed E-state index contributed by atoms with van der Waals surface area (Å²) in [7, 11) is 0. The average molecular weight is 393 g/mol. The number of aryl methyl sites for hydroxylation is 2. The van der Waals surface area contributed by atoms with E-state index in [4.69, 9.17) is 0 Å². The molecule has 2 N–H and O–H groups in total. The summed E-state index contributed by atoms with van der Waals surface area (Å²) in [5.41, 5.74) is 3.89. The molecule has 2 aromatic rings. The second-order valence-corrected chi connectivity index (χ2v) is 7.93. The van der Waals surface area contributed by atoms with Gasteiger partial charge in [0.2, 0.25) is 11.8 Å². The van der Waals surface area contributed by atoms with E-state index in [1.54, 1.807) is 24.3 Å². The van der Waals surface area contributed by atoms with E-state index < -0.39 is 6.04 Å². The minimum Gasteiger partial charge on any atom is -0.373 e. The highest BCUT2D eigenvalue weighted by atomic mass is 16.2. The molecule has 6 heteroatoms. The van der Waals surface area contributed by atoms with Crippen molar-refractivity contribution in [2.24, 2.45) is 5.92 Å². The molecule has 1 saturated heterocycles. The molecule has 6 nitrogen and oxygen atoms in total. The van der Waals surface area contributed by atoms with Gasteiger partial charge in [0.1, 0.15) is 6.04 Å². The summed E-state index contributed by atoms with van der Waals surface area (Å²) in [6, 6.07) is 12.3. The van der Waals surface area contributed by atoms with Gasteiger partial charge in [-0.05, 0) is 55.2 Å². The summed E-state index contributed by atoms with van der Waals surface area (Å²) >= 11 is 0. The van der Waals surface area contributed by atoms with Crippen molar-refractivity contribution in [1.82, 2.24) is 0 Å². The Morgan fingerprint density at radius 2 is 1.62 bits per heavy atom. The number of amides is 3. The fourth-order valence-electron chi connectivity index (χ4n) is 3.57. The van der Waals surface area contributed by atoms with Crippen LogP contribution >= 0.6 is 0 Å². The molecule has 1 heterocycles. The molecule has 0 saturated carbocycles. The largest absolute Gasteiger partial charge is 0.373 e. The first-order valence-electron chi connectivity index (χ1n) is 9.85. The molecule has 1 atom stereocenters. The van der Waals surface area contributed by atoms with Crippen LogP contribution in [0.1, 0.15) is 37.8 Å². The normalized spacial score (nSPS) is 16.4. The fraction of sp³-hybridized carbons (Fsp3) is 0.348. The predicted molar refractivity (Wildman–Crippen MR) is 115 cm³/mol. The number of nitrogens with zero attached hydrogens (tertiary/aromatic N) is 1. The van der Waals surface area contributed by atoms with Gasteiger partial charge >= 0.3 is 0 Å². The van der Waals surface area contributed by atoms with E-state index in [0.717, 1.165) is 16.8 Å². The van der Waals surface area contributed by atoms with E-state index in [1.165, 1.54) is 4.90 Å². The zero-order valence-electron chi connectivity index (χ0n) is 17.3. The summed E-state index contributed by atoms with van der Waals surface area (Å²) < 4.78 is 0. The first-order valence-corrected chi connectivity index (χ1v) is 9.85. The first-order chi connectivity index (χ1) is 13.8. The number of benzene rings is 2. The maximum absolute atomic E-state index is 12.9. The van der Waals surface area contributed by atoms with E-state index in [2.05, 4.69) is 10.6 Å². The minimum atomic E-state index is -0.608. The minimum absolute atomic E-state index is 0.0264. The molecule has 0 aliphatic carbocycles. The molecule has 2 aromatic carbocycles. The number of rotatable bonds is 6. The SMILES string of the molecule is Cc1cccc(C)c1N1C(=O)CC(Nc2ccc(NC(=O)CC(C)C)cc2)C1=O. The third-order valence-corrected chi connectivity index (χ3v) is 4.91. The van der Waals surface area contributed by atoms with E-state index >= 15 is 0 Å². The third-order valence-electron chi connectivity index (χ3n) is 4.91. The van der Waals surface area contributed by atoms with Crippen molar-refractivity contribution >= 4 is 34.8 Å². The maximum atomic E-state index is 12.9. The molecule has 0 radical (unpaired) electrons. The van der Waals surface area contributed by atoms with Crippen LogP contribution in [-0.2, 0) is 14.4 Å². The van der Waals surface area contributed by atoms with Gasteiger partial charge in [-0.3, -0.25) is 14.4 Å². The maximum Gasteiger partial charge on any atom is 0.256 e. The molecule has 1 aliphatic rings. The molecule has 0 bridgehead atoms. The number of carbonyl (C=O) groups is 3. The monoisotopic (exact) mass is 393 g/mol. The van der Waals surface area contributed by atoms with Crippen molar-refractivity contribution in [2.45, 2.75) is 46.6 Å². The van der Waals surface area contributed by atoms with Gasteiger partial charge in [0.05, 0.1) is 12.1 Å². The molecule has 0 spiro atoms. The van der Waals surface area contributed by atoms with E-state index in [9.17, 15) is 14.4 Å². The summed E-state index contributed by atoms with van der Waals surface area (Å²) in [6.45, 7) is 7.79. The van der Waals surface area contributed by atoms with Crippen molar-refractivity contribution in [3.05, 3.63) is 53.6 Å². The van der Waals surface area contributed by atoms with Crippen molar-refractivity contribution < 1.29 is 14.4 Å². The first kappa shape index (κ1) is 20.6. The van der Waals surface area contributed by atoms with Crippen molar-refractivity contribution in [3.63, 3.8) is 0 Å². The summed E-state index contributed by atoms with van der Waals surface area (Å²) in [6.07, 6.45) is 0.576. The zero-order valence-corrected chi connectivity index (χ0v) is 17.3. The standard InChI is InChI=1S/C23H27N3O3/c1-14(2)12-20(27)25-18-10-8-17(9-11-18)24-19-13-21(28)26(23(19)29)22-15(3)6-5-7-16(22)4/h5-11,14,19,24H,12-13H2,1-4H3,(H,25,27). The van der Waals surface area contributed by atoms with Crippen molar-refractivity contribution in [1.29, 1.82) is 0 Å². The molecule has 1 fully saturated rings. The highest BCUT2D eigenvalue weighted by Gasteiger charge is 2.40. The molecule has 0 aromatic heterocycles. The van der Waals surface area contributed by atoms with Crippen LogP contribution in [0.2, 0.25) is 0 Å². The van der Waals surface area contributed by atoms with Crippen LogP contribution in [-0.4, -0.2) is 23.8 Å². The fourth-order valence-corrected chi connectivity index (χ4v) is 3.57. The average Bonchev–Trinajstić information content (AvgIpc) is 2.90. The Morgan fingerprint density at radius 3 is 2.21 bits per heavy atom. The molecule has 152 valence electrons. The van der Waals surface area contributed by atoms with Gasteiger partial charge < -0.3 is 10.6 Å². The molecular weight excluding hydrogens is 366 g/mol. The van der Waals surface area contributed by atoms with Crippen LogP contribution in [0.5, 0.6) is 0 Å². The van der Waals surface area contributed by atoms with Gasteiger partial charge in [-0.25, -0.2) is 4.90 Å². The smallest absolute Gasteiger partial charge is 0.256 e. The van der Waals surface area contributed by atoms with Crippen LogP contribution in [0.3, 0.4) is 0 Å². The number of anilines is 3. The molecular formula is C23H27N3O3. The Bertz CT molecular complexity index is 915. The lowest BCUT2D eigenvalue weighted by Gasteiger charge is -2.20. The number of hydrogen-bond donors (Lipinski definition) is 2. The summed E-state index contributed by atoms with van der Waals surface area (Å²) in [5.74, 6) is -0.188. The van der Waals surface area contributed by atoms with E-state index in [1.807, 2.05) is 45.9 Å². The van der Waals surface area contributed by atoms with Crippen LogP contribution < -0.4 is 15.5 Å². The number of hydrogen-bond acceptors (Lipinski definition) is 4. The number of carbonyl (C=O) groups excluding carboxylic acids is 3. The van der Waals surface area contributed by atoms with Gasteiger partial charge in [-0.15, -0.1) is 0 Å². The number of para-hydroxylation sites is 1. The van der Waals surface area contributed by atoms with Gasteiger partial charge in [0.15, 0.2) is 0 Å². The van der Waals surface area contributed by atoms with Gasteiger partial charge in [-0.2, -0.15) is 0 Å².